The van der Waals surface area contributed by atoms with E-state index in [-0.39, 0.29) is 0 Å². The van der Waals surface area contributed by atoms with Crippen LogP contribution in [0.15, 0.2) is 0 Å². The van der Waals surface area contributed by atoms with Crippen molar-refractivity contribution in [1.82, 2.24) is 0 Å². The number of ether oxygens (including phenoxy) is 3. The first-order chi connectivity index (χ1) is 10.6. The summed E-state index contributed by atoms with van der Waals surface area (Å²) in [5.41, 5.74) is 0. The van der Waals surface area contributed by atoms with Crippen molar-refractivity contribution in [3.05, 3.63) is 0 Å². The highest BCUT2D eigenvalue weighted by molar-refractivity contribution is 7.46. The van der Waals surface area contributed by atoms with Gasteiger partial charge in [0, 0.05) is 0 Å². The average Bonchev–Trinajstić information content (AvgIpc) is 2.89. The lowest BCUT2D eigenvalue weighted by atomic mass is 10.1. The van der Waals surface area contributed by atoms with Gasteiger partial charge in [-0.2, -0.15) is 0 Å². The Morgan fingerprint density at radius 2 is 1.35 bits per heavy atom. The molecule has 0 amide bonds. The predicted octanol–water partition coefficient (Wildman–Crippen LogP) is -4.00. The van der Waals surface area contributed by atoms with E-state index in [0.717, 1.165) is 0 Å². The summed E-state index contributed by atoms with van der Waals surface area (Å²) in [4.78, 5) is 17.2. The van der Waals surface area contributed by atoms with Crippen molar-refractivity contribution in [3.8, 4) is 0 Å². The Morgan fingerprint density at radius 1 is 0.870 bits per heavy atom. The Balaban J connectivity index is 1.92. The van der Waals surface area contributed by atoms with E-state index in [1.54, 1.807) is 0 Å². The Kier molecular flexibility index (Phi) is 6.11. The van der Waals surface area contributed by atoms with Gasteiger partial charge >= 0.3 is 7.82 Å². The topological polar surface area (TPSA) is 196 Å². The monoisotopic (exact) mass is 362 g/mol. The molecule has 23 heavy (non-hydrogen) atoms. The number of hydrogen-bond donors (Lipinski definition) is 7. The summed E-state index contributed by atoms with van der Waals surface area (Å²) >= 11 is 0. The molecular weight excluding hydrogens is 343 g/mol. The lowest BCUT2D eigenvalue weighted by Crippen LogP contribution is -2.40. The Labute approximate surface area is 130 Å². The van der Waals surface area contributed by atoms with Crippen molar-refractivity contribution in [2.24, 2.45) is 0 Å². The molecule has 0 unspecified atom stereocenters. The van der Waals surface area contributed by atoms with Crippen LogP contribution in [0.25, 0.3) is 0 Å². The van der Waals surface area contributed by atoms with Crippen LogP contribution < -0.4 is 0 Å². The maximum absolute atomic E-state index is 10.6. The summed E-state index contributed by atoms with van der Waals surface area (Å²) in [6, 6.07) is 0. The van der Waals surface area contributed by atoms with E-state index in [2.05, 4.69) is 4.52 Å². The quantitative estimate of drug-likeness (QED) is 0.227. The zero-order valence-corrected chi connectivity index (χ0v) is 12.5. The summed E-state index contributed by atoms with van der Waals surface area (Å²) in [6.45, 7) is -1.29. The summed E-state index contributed by atoms with van der Waals surface area (Å²) in [5, 5.41) is 47.8. The second-order valence-electron chi connectivity index (χ2n) is 5.15. The highest BCUT2D eigenvalue weighted by atomic mass is 31.2. The minimum absolute atomic E-state index is 0.576. The van der Waals surface area contributed by atoms with Gasteiger partial charge in [-0.25, -0.2) is 4.57 Å². The van der Waals surface area contributed by atoms with Crippen molar-refractivity contribution in [1.29, 1.82) is 0 Å². The fourth-order valence-corrected chi connectivity index (χ4v) is 2.59. The molecule has 2 aliphatic heterocycles. The van der Waals surface area contributed by atoms with Crippen molar-refractivity contribution >= 4 is 7.82 Å². The molecule has 0 aliphatic carbocycles. The van der Waals surface area contributed by atoms with Gasteiger partial charge < -0.3 is 49.5 Å². The molecule has 2 heterocycles. The molecule has 12 nitrogen and oxygen atoms in total. The van der Waals surface area contributed by atoms with Crippen LogP contribution in [-0.2, 0) is 23.3 Å². The average molecular weight is 362 g/mol. The first-order valence-corrected chi connectivity index (χ1v) is 8.16. The number of phosphoric ester groups is 1. The predicted molar refractivity (Wildman–Crippen MR) is 67.5 cm³/mol. The highest BCUT2D eigenvalue weighted by Gasteiger charge is 2.49. The molecule has 0 aromatic carbocycles. The lowest BCUT2D eigenvalue weighted by Gasteiger charge is -2.22. The fraction of sp³-hybridized carbons (Fsp3) is 1.00. The summed E-state index contributed by atoms with van der Waals surface area (Å²) < 4.78 is 30.0. The van der Waals surface area contributed by atoms with Gasteiger partial charge in [-0.1, -0.05) is 0 Å². The van der Waals surface area contributed by atoms with Gasteiger partial charge in [-0.3, -0.25) is 4.52 Å². The second kappa shape index (κ2) is 7.35. The molecule has 0 spiro atoms. The molecule has 0 aromatic rings. The van der Waals surface area contributed by atoms with Crippen LogP contribution in [0.2, 0.25) is 0 Å². The first kappa shape index (κ1) is 19.1. The maximum Gasteiger partial charge on any atom is 0.469 e. The number of aliphatic hydroxyl groups is 5. The molecular formula is C10H19O12P. The molecule has 2 fully saturated rings. The summed E-state index contributed by atoms with van der Waals surface area (Å²) in [5.74, 6) is 0. The van der Waals surface area contributed by atoms with Gasteiger partial charge in [0.25, 0.3) is 0 Å². The van der Waals surface area contributed by atoms with Gasteiger partial charge in [0.1, 0.15) is 36.6 Å². The largest absolute Gasteiger partial charge is 0.469 e. The molecule has 0 radical (unpaired) electrons. The molecule has 136 valence electrons. The molecule has 0 saturated carbocycles. The third kappa shape index (κ3) is 4.45. The van der Waals surface area contributed by atoms with Gasteiger partial charge in [-0.05, 0) is 0 Å². The molecule has 0 bridgehead atoms. The Morgan fingerprint density at radius 3 is 1.78 bits per heavy atom. The first-order valence-electron chi connectivity index (χ1n) is 6.63. The van der Waals surface area contributed by atoms with Crippen LogP contribution in [0.1, 0.15) is 0 Å². The van der Waals surface area contributed by atoms with Gasteiger partial charge in [-0.15, -0.1) is 0 Å². The molecule has 2 saturated heterocycles. The van der Waals surface area contributed by atoms with Crippen LogP contribution in [0.3, 0.4) is 0 Å². The van der Waals surface area contributed by atoms with Gasteiger partial charge in [0.15, 0.2) is 12.6 Å². The second-order valence-corrected chi connectivity index (χ2v) is 6.39. The highest BCUT2D eigenvalue weighted by Crippen LogP contribution is 2.37. The minimum atomic E-state index is -4.78. The Bertz CT molecular complexity index is 442. The normalized spacial score (nSPS) is 44.8. The smallest absolute Gasteiger partial charge is 0.394 e. The van der Waals surface area contributed by atoms with Crippen LogP contribution in [0, 0.1) is 0 Å². The molecule has 0 aromatic heterocycles. The van der Waals surface area contributed by atoms with Crippen molar-refractivity contribution in [2.75, 3.05) is 13.2 Å². The summed E-state index contributed by atoms with van der Waals surface area (Å²) in [6.07, 6.45) is -11.4. The third-order valence-corrected chi connectivity index (χ3v) is 3.98. The summed E-state index contributed by atoms with van der Waals surface area (Å²) in [7, 11) is -4.78. The number of phosphoric acid groups is 1. The van der Waals surface area contributed by atoms with E-state index < -0.39 is 70.2 Å². The van der Waals surface area contributed by atoms with Crippen molar-refractivity contribution in [2.45, 2.75) is 49.2 Å². The van der Waals surface area contributed by atoms with Crippen LogP contribution in [0.4, 0.5) is 0 Å². The molecule has 2 aliphatic rings. The molecule has 2 rings (SSSR count). The minimum Gasteiger partial charge on any atom is -0.394 e. The van der Waals surface area contributed by atoms with Crippen LogP contribution in [-0.4, -0.2) is 97.7 Å². The maximum atomic E-state index is 10.6. The van der Waals surface area contributed by atoms with Crippen LogP contribution >= 0.6 is 7.82 Å². The number of aliphatic hydroxyl groups excluding tert-OH is 5. The Hall–Kier alpha value is -0.210. The number of hydrogen-bond acceptors (Lipinski definition) is 10. The fourth-order valence-electron chi connectivity index (χ4n) is 2.25. The van der Waals surface area contributed by atoms with Crippen molar-refractivity contribution < 1.29 is 58.6 Å². The van der Waals surface area contributed by atoms with Crippen LogP contribution in [0.5, 0.6) is 0 Å². The van der Waals surface area contributed by atoms with Crippen molar-refractivity contribution in [3.63, 3.8) is 0 Å². The van der Waals surface area contributed by atoms with Gasteiger partial charge in [0.2, 0.25) is 0 Å². The van der Waals surface area contributed by atoms with E-state index in [4.69, 9.17) is 29.1 Å². The van der Waals surface area contributed by atoms with E-state index >= 15 is 0 Å². The van der Waals surface area contributed by atoms with Gasteiger partial charge in [0.05, 0.1) is 13.2 Å². The zero-order valence-electron chi connectivity index (χ0n) is 11.7. The molecule has 13 heteroatoms. The molecule has 7 N–H and O–H groups in total. The number of rotatable bonds is 6. The van der Waals surface area contributed by atoms with E-state index in [1.165, 1.54) is 0 Å². The van der Waals surface area contributed by atoms with E-state index in [0.29, 0.717) is 0 Å². The lowest BCUT2D eigenvalue weighted by molar-refractivity contribution is -0.269. The standard InChI is InChI=1S/C10H19O12P/c11-1-3-5(12)7(14)9(20-3)22-10-8(15)6(13)4(21-10)2-19-23(16,17)18/h3-15H,1-2H2,(H2,16,17,18)/t3-,4-,5-,6-,7-,8-,9+,10+/m1/s1. The molecule has 8 atom stereocenters. The third-order valence-electron chi connectivity index (χ3n) is 3.49. The SMILES string of the molecule is O=P(O)(O)OC[C@H]1O[C@@H](O[C@@H]2O[C@H](CO)[C@@H](O)[C@H]2O)[C@H](O)[C@@H]1O. The van der Waals surface area contributed by atoms with E-state index in [1.807, 2.05) is 0 Å². The zero-order chi connectivity index (χ0) is 17.4. The van der Waals surface area contributed by atoms with E-state index in [9.17, 15) is 25.0 Å².